The lowest BCUT2D eigenvalue weighted by atomic mass is 9.78. The molecule has 0 bridgehead atoms. The van der Waals surface area contributed by atoms with Crippen LogP contribution in [0, 0.1) is 35.3 Å². The molecule has 2 aromatic rings. The highest BCUT2D eigenvalue weighted by molar-refractivity contribution is 6.31. The lowest BCUT2D eigenvalue weighted by molar-refractivity contribution is 0.250. The highest BCUT2D eigenvalue weighted by Gasteiger charge is 2.21. The van der Waals surface area contributed by atoms with Gasteiger partial charge in [-0.15, -0.1) is 0 Å². The molecule has 4 rings (SSSR count). The lowest BCUT2D eigenvalue weighted by Crippen LogP contribution is -2.15. The first kappa shape index (κ1) is 32.4. The molecule has 39 heavy (non-hydrogen) atoms. The average Bonchev–Trinajstić information content (AvgIpc) is 2.95. The average molecular weight is 580 g/mol. The Bertz CT molecular complexity index is 959. The Morgan fingerprint density at radius 1 is 0.564 bits per heavy atom. The van der Waals surface area contributed by atoms with Crippen molar-refractivity contribution in [1.82, 2.24) is 0 Å². The first-order valence-electron chi connectivity index (χ1n) is 15.8. The molecular weight excluding hydrogens is 529 g/mol. The summed E-state index contributed by atoms with van der Waals surface area (Å²) in [6, 6.07) is 10.4. The predicted octanol–water partition coefficient (Wildman–Crippen LogP) is 12.4. The van der Waals surface area contributed by atoms with Crippen LogP contribution in [-0.2, 0) is 12.8 Å². The Kier molecular flexibility index (Phi) is 14.7. The molecule has 2 saturated carbocycles. The molecule has 0 saturated heterocycles. The smallest absolute Gasteiger partial charge is 0.142 e. The van der Waals surface area contributed by atoms with Crippen LogP contribution in [0.2, 0.25) is 10.0 Å². The van der Waals surface area contributed by atoms with Gasteiger partial charge in [-0.1, -0.05) is 133 Å². The summed E-state index contributed by atoms with van der Waals surface area (Å²) in [5, 5.41) is 0.453. The monoisotopic (exact) mass is 578 g/mol. The summed E-state index contributed by atoms with van der Waals surface area (Å²) in [7, 11) is 0. The maximum Gasteiger partial charge on any atom is 0.142 e. The zero-order valence-corrected chi connectivity index (χ0v) is 25.8. The minimum Gasteiger partial charge on any atom is -0.205 e. The van der Waals surface area contributed by atoms with Gasteiger partial charge < -0.3 is 0 Å². The third-order valence-corrected chi connectivity index (χ3v) is 9.86. The van der Waals surface area contributed by atoms with Crippen LogP contribution in [0.1, 0.15) is 121 Å². The summed E-state index contributed by atoms with van der Waals surface area (Å²) < 4.78 is 26.7. The van der Waals surface area contributed by atoms with E-state index < -0.39 is 0 Å². The van der Waals surface area contributed by atoms with Crippen LogP contribution in [0.15, 0.2) is 36.4 Å². The Morgan fingerprint density at radius 3 is 1.31 bits per heavy atom. The first-order chi connectivity index (χ1) is 18.9. The minimum atomic E-state index is -0.286. The highest BCUT2D eigenvalue weighted by atomic mass is 35.5. The van der Waals surface area contributed by atoms with Crippen LogP contribution in [0.25, 0.3) is 0 Å². The second-order valence-electron chi connectivity index (χ2n) is 12.3. The Hall–Kier alpha value is -1.12. The van der Waals surface area contributed by atoms with Gasteiger partial charge in [0, 0.05) is 0 Å². The largest absolute Gasteiger partial charge is 0.205 e. The normalized spacial score (nSPS) is 23.2. The Balaban J connectivity index is 0.000000216. The Morgan fingerprint density at radius 2 is 0.949 bits per heavy atom. The van der Waals surface area contributed by atoms with E-state index in [4.69, 9.17) is 23.2 Å². The van der Waals surface area contributed by atoms with Gasteiger partial charge in [0.05, 0.1) is 10.0 Å². The summed E-state index contributed by atoms with van der Waals surface area (Å²) >= 11 is 11.4. The van der Waals surface area contributed by atoms with Gasteiger partial charge in [0.25, 0.3) is 0 Å². The van der Waals surface area contributed by atoms with Gasteiger partial charge in [-0.25, -0.2) is 8.78 Å². The number of halogens is 4. The first-order valence-corrected chi connectivity index (χ1v) is 16.5. The standard InChI is InChI=1S/C18H26ClF.C17H24ClF/c1-2-3-4-14-5-7-15(8-6-14)9-10-16-11-12-17(19)18(20)13-16;1-2-3-13-4-6-14(7-5-13)8-9-15-10-11-16(18)17(19)12-15/h11-15H,2-10H2,1H3;10-14H,2-9H2,1H3/t;13-,14-. The zero-order valence-electron chi connectivity index (χ0n) is 24.3. The molecule has 0 aromatic heterocycles. The van der Waals surface area contributed by atoms with E-state index in [1.54, 1.807) is 24.3 Å². The predicted molar refractivity (Wildman–Crippen MR) is 165 cm³/mol. The maximum absolute atomic E-state index is 13.4. The van der Waals surface area contributed by atoms with Crippen molar-refractivity contribution in [2.24, 2.45) is 23.7 Å². The SMILES string of the molecule is CCCCC1CCC(CCc2ccc(Cl)c(F)c2)CC1.CCC[C@H]1CC[C@H](CCc2ccc(Cl)c(F)c2)CC1. The molecule has 2 aliphatic rings. The molecule has 2 aliphatic carbocycles. The molecule has 0 N–H and O–H groups in total. The van der Waals surface area contributed by atoms with E-state index in [0.717, 1.165) is 47.6 Å². The molecule has 2 fully saturated rings. The summed E-state index contributed by atoms with van der Waals surface area (Å²) in [5.74, 6) is 3.05. The maximum atomic E-state index is 13.4. The molecule has 218 valence electrons. The number of rotatable bonds is 11. The van der Waals surface area contributed by atoms with Crippen LogP contribution < -0.4 is 0 Å². The van der Waals surface area contributed by atoms with Crippen molar-refractivity contribution < 1.29 is 8.78 Å². The van der Waals surface area contributed by atoms with Crippen molar-refractivity contribution in [2.75, 3.05) is 0 Å². The van der Waals surface area contributed by atoms with Crippen molar-refractivity contribution in [3.63, 3.8) is 0 Å². The molecule has 2 aromatic carbocycles. The number of hydrogen-bond donors (Lipinski definition) is 0. The van der Waals surface area contributed by atoms with Crippen molar-refractivity contribution in [3.8, 4) is 0 Å². The van der Waals surface area contributed by atoms with Gasteiger partial charge in [0.1, 0.15) is 11.6 Å². The highest BCUT2D eigenvalue weighted by Crippen LogP contribution is 2.35. The van der Waals surface area contributed by atoms with Crippen molar-refractivity contribution >= 4 is 23.2 Å². The van der Waals surface area contributed by atoms with Gasteiger partial charge in [-0.2, -0.15) is 0 Å². The van der Waals surface area contributed by atoms with Crippen LogP contribution in [0.3, 0.4) is 0 Å². The van der Waals surface area contributed by atoms with Crippen molar-refractivity contribution in [2.45, 2.75) is 123 Å². The fourth-order valence-electron chi connectivity index (χ4n) is 6.65. The summed E-state index contributed by atoms with van der Waals surface area (Å²) in [6.45, 7) is 4.55. The number of aryl methyl sites for hydroxylation is 2. The molecule has 0 atom stereocenters. The molecule has 0 nitrogen and oxygen atoms in total. The molecule has 0 amide bonds. The lowest BCUT2D eigenvalue weighted by Gasteiger charge is -2.28. The van der Waals surface area contributed by atoms with E-state index in [1.165, 1.54) is 96.3 Å². The molecule has 0 spiro atoms. The number of benzene rings is 2. The second kappa shape index (κ2) is 17.6. The molecule has 0 radical (unpaired) electrons. The van der Waals surface area contributed by atoms with Crippen LogP contribution in [0.5, 0.6) is 0 Å². The van der Waals surface area contributed by atoms with Crippen molar-refractivity contribution in [3.05, 3.63) is 69.2 Å². The fraction of sp³-hybridized carbons (Fsp3) is 0.657. The van der Waals surface area contributed by atoms with E-state index in [0.29, 0.717) is 0 Å². The van der Waals surface area contributed by atoms with Gasteiger partial charge >= 0.3 is 0 Å². The van der Waals surface area contributed by atoms with Gasteiger partial charge in [0.2, 0.25) is 0 Å². The summed E-state index contributed by atoms with van der Waals surface area (Å²) in [5.41, 5.74) is 2.16. The zero-order chi connectivity index (χ0) is 28.0. The molecule has 0 aliphatic heterocycles. The van der Waals surface area contributed by atoms with Crippen molar-refractivity contribution in [1.29, 1.82) is 0 Å². The van der Waals surface area contributed by atoms with E-state index in [2.05, 4.69) is 13.8 Å². The molecule has 0 heterocycles. The number of unbranched alkanes of at least 4 members (excludes halogenated alkanes) is 1. The molecule has 0 unspecified atom stereocenters. The quantitative estimate of drug-likeness (QED) is 0.248. The second-order valence-corrected chi connectivity index (χ2v) is 13.1. The molecule has 4 heteroatoms. The van der Waals surface area contributed by atoms with E-state index in [1.807, 2.05) is 12.1 Å². The van der Waals surface area contributed by atoms with Crippen LogP contribution in [0.4, 0.5) is 8.78 Å². The summed E-state index contributed by atoms with van der Waals surface area (Å²) in [4.78, 5) is 0. The van der Waals surface area contributed by atoms with E-state index in [-0.39, 0.29) is 21.7 Å². The third-order valence-electron chi connectivity index (χ3n) is 9.25. The van der Waals surface area contributed by atoms with Crippen LogP contribution >= 0.6 is 23.2 Å². The number of hydrogen-bond acceptors (Lipinski definition) is 0. The fourth-order valence-corrected chi connectivity index (χ4v) is 6.89. The van der Waals surface area contributed by atoms with E-state index >= 15 is 0 Å². The van der Waals surface area contributed by atoms with E-state index in [9.17, 15) is 8.78 Å². The third kappa shape index (κ3) is 11.7. The minimum absolute atomic E-state index is 0.226. The van der Waals surface area contributed by atoms with Gasteiger partial charge in [-0.05, 0) is 84.7 Å². The Labute approximate surface area is 247 Å². The summed E-state index contributed by atoms with van der Waals surface area (Å²) in [6.07, 6.45) is 22.3. The van der Waals surface area contributed by atoms with Gasteiger partial charge in [-0.3, -0.25) is 0 Å². The molecular formula is C35H50Cl2F2. The van der Waals surface area contributed by atoms with Crippen LogP contribution in [-0.4, -0.2) is 0 Å². The van der Waals surface area contributed by atoms with Gasteiger partial charge in [0.15, 0.2) is 0 Å². The topological polar surface area (TPSA) is 0 Å².